The van der Waals surface area contributed by atoms with Crippen LogP contribution in [0.25, 0.3) is 0 Å². The Balaban J connectivity index is 2.91. The summed E-state index contributed by atoms with van der Waals surface area (Å²) in [5.74, 6) is 5.68. The quantitative estimate of drug-likeness (QED) is 0.642. The molecular weight excluding hydrogens is 140 g/mol. The molecule has 0 spiro atoms. The number of hydrogen-bond donors (Lipinski definition) is 1. The highest BCUT2D eigenvalue weighted by Gasteiger charge is 1.95. The number of nitrogens with two attached hydrogens (primary N) is 1. The molecule has 60 valence electrons. The molecule has 3 nitrogen and oxygen atoms in total. The van der Waals surface area contributed by atoms with Crippen molar-refractivity contribution in [3.8, 4) is 5.75 Å². The molecule has 0 bridgehead atoms. The maximum absolute atomic E-state index is 5.00. The van der Waals surface area contributed by atoms with E-state index in [1.54, 1.807) is 0 Å². The van der Waals surface area contributed by atoms with Gasteiger partial charge in [-0.05, 0) is 12.1 Å². The van der Waals surface area contributed by atoms with E-state index in [1.165, 1.54) is 0 Å². The average Bonchev–Trinajstić information content (AvgIpc) is 2.05. The lowest BCUT2D eigenvalue weighted by Gasteiger charge is -2.12. The maximum atomic E-state index is 5.00. The third-order valence-corrected chi connectivity index (χ3v) is 1.47. The van der Waals surface area contributed by atoms with Gasteiger partial charge in [0.2, 0.25) is 0 Å². The van der Waals surface area contributed by atoms with Crippen molar-refractivity contribution in [3.05, 3.63) is 24.3 Å². The first-order chi connectivity index (χ1) is 5.24. The SMILES string of the molecule is CN(C)c1cccc(ON)c1. The van der Waals surface area contributed by atoms with Crippen molar-refractivity contribution in [1.29, 1.82) is 0 Å². The summed E-state index contributed by atoms with van der Waals surface area (Å²) in [6, 6.07) is 7.58. The Morgan fingerprint density at radius 1 is 1.36 bits per heavy atom. The van der Waals surface area contributed by atoms with Crippen molar-refractivity contribution in [2.75, 3.05) is 19.0 Å². The molecule has 1 aromatic rings. The standard InChI is InChI=1S/C8H12N2O/c1-10(2)7-4-3-5-8(6-7)11-9/h3-6H,9H2,1-2H3. The van der Waals surface area contributed by atoms with Gasteiger partial charge in [-0.1, -0.05) is 6.07 Å². The minimum atomic E-state index is 0.677. The molecule has 0 saturated carbocycles. The van der Waals surface area contributed by atoms with Gasteiger partial charge in [0, 0.05) is 25.8 Å². The fraction of sp³-hybridized carbons (Fsp3) is 0.250. The number of anilines is 1. The second-order valence-corrected chi connectivity index (χ2v) is 2.51. The van der Waals surface area contributed by atoms with Gasteiger partial charge < -0.3 is 9.74 Å². The van der Waals surface area contributed by atoms with Crippen molar-refractivity contribution in [2.24, 2.45) is 5.90 Å². The van der Waals surface area contributed by atoms with Crippen molar-refractivity contribution >= 4 is 5.69 Å². The number of nitrogens with zero attached hydrogens (tertiary/aromatic N) is 1. The fourth-order valence-corrected chi connectivity index (χ4v) is 0.835. The third-order valence-electron chi connectivity index (χ3n) is 1.47. The van der Waals surface area contributed by atoms with Gasteiger partial charge in [-0.3, -0.25) is 0 Å². The lowest BCUT2D eigenvalue weighted by atomic mass is 10.3. The molecule has 0 atom stereocenters. The zero-order chi connectivity index (χ0) is 8.27. The molecule has 0 radical (unpaired) electrons. The first-order valence-corrected chi connectivity index (χ1v) is 3.38. The topological polar surface area (TPSA) is 38.5 Å². The van der Waals surface area contributed by atoms with Crippen molar-refractivity contribution in [3.63, 3.8) is 0 Å². The smallest absolute Gasteiger partial charge is 0.148 e. The van der Waals surface area contributed by atoms with Crippen molar-refractivity contribution in [1.82, 2.24) is 0 Å². The highest BCUT2D eigenvalue weighted by atomic mass is 16.6. The van der Waals surface area contributed by atoms with Crippen molar-refractivity contribution in [2.45, 2.75) is 0 Å². The van der Waals surface area contributed by atoms with Crippen LogP contribution in [0, 0.1) is 0 Å². The van der Waals surface area contributed by atoms with Gasteiger partial charge in [0.1, 0.15) is 5.75 Å². The number of rotatable bonds is 2. The fourth-order valence-electron chi connectivity index (χ4n) is 0.835. The molecule has 0 aliphatic heterocycles. The van der Waals surface area contributed by atoms with E-state index in [-0.39, 0.29) is 0 Å². The zero-order valence-corrected chi connectivity index (χ0v) is 6.74. The maximum Gasteiger partial charge on any atom is 0.148 e. The van der Waals surface area contributed by atoms with Crippen LogP contribution in [0.2, 0.25) is 0 Å². The van der Waals surface area contributed by atoms with E-state index in [0.29, 0.717) is 5.75 Å². The molecule has 0 amide bonds. The normalized spacial score (nSPS) is 9.36. The van der Waals surface area contributed by atoms with E-state index in [9.17, 15) is 0 Å². The molecule has 0 aliphatic rings. The van der Waals surface area contributed by atoms with Crippen LogP contribution in [0.4, 0.5) is 5.69 Å². The van der Waals surface area contributed by atoms with Gasteiger partial charge in [0.25, 0.3) is 0 Å². The van der Waals surface area contributed by atoms with Crippen LogP contribution in [0.5, 0.6) is 5.75 Å². The summed E-state index contributed by atoms with van der Waals surface area (Å²) in [6.07, 6.45) is 0. The Morgan fingerprint density at radius 2 is 2.09 bits per heavy atom. The van der Waals surface area contributed by atoms with Crippen LogP contribution in [0.1, 0.15) is 0 Å². The van der Waals surface area contributed by atoms with Crippen LogP contribution in [0.15, 0.2) is 24.3 Å². The van der Waals surface area contributed by atoms with Crippen LogP contribution in [-0.2, 0) is 0 Å². The summed E-state index contributed by atoms with van der Waals surface area (Å²) in [7, 11) is 3.94. The molecule has 1 rings (SSSR count). The molecule has 0 unspecified atom stereocenters. The Kier molecular flexibility index (Phi) is 2.33. The van der Waals surface area contributed by atoms with Gasteiger partial charge in [0.15, 0.2) is 0 Å². The average molecular weight is 152 g/mol. The Labute approximate surface area is 66.3 Å². The van der Waals surface area contributed by atoms with Gasteiger partial charge in [-0.2, -0.15) is 5.90 Å². The van der Waals surface area contributed by atoms with Crippen molar-refractivity contribution < 1.29 is 4.84 Å². The minimum Gasteiger partial charge on any atom is -0.411 e. The van der Waals surface area contributed by atoms with E-state index in [0.717, 1.165) is 5.69 Å². The molecule has 1 aromatic carbocycles. The second kappa shape index (κ2) is 3.25. The number of hydrogen-bond acceptors (Lipinski definition) is 3. The molecule has 0 fully saturated rings. The van der Waals surface area contributed by atoms with E-state index in [4.69, 9.17) is 5.90 Å². The molecule has 0 saturated heterocycles. The summed E-state index contributed by atoms with van der Waals surface area (Å²) in [4.78, 5) is 6.57. The largest absolute Gasteiger partial charge is 0.411 e. The lowest BCUT2D eigenvalue weighted by molar-refractivity contribution is 0.334. The highest BCUT2D eigenvalue weighted by Crippen LogP contribution is 2.17. The van der Waals surface area contributed by atoms with Gasteiger partial charge in [-0.15, -0.1) is 0 Å². The first kappa shape index (κ1) is 7.88. The monoisotopic (exact) mass is 152 g/mol. The zero-order valence-electron chi connectivity index (χ0n) is 6.74. The Bertz CT molecular complexity index is 235. The summed E-state index contributed by atoms with van der Waals surface area (Å²) in [6.45, 7) is 0. The van der Waals surface area contributed by atoms with Gasteiger partial charge in [0.05, 0.1) is 0 Å². The van der Waals surface area contributed by atoms with Gasteiger partial charge in [-0.25, -0.2) is 0 Å². The minimum absolute atomic E-state index is 0.677. The first-order valence-electron chi connectivity index (χ1n) is 3.38. The Hall–Kier alpha value is -1.22. The van der Waals surface area contributed by atoms with E-state index >= 15 is 0 Å². The van der Waals surface area contributed by atoms with Crippen LogP contribution in [0.3, 0.4) is 0 Å². The number of benzene rings is 1. The van der Waals surface area contributed by atoms with E-state index in [1.807, 2.05) is 43.3 Å². The summed E-state index contributed by atoms with van der Waals surface area (Å²) < 4.78 is 0. The molecule has 0 heterocycles. The summed E-state index contributed by atoms with van der Waals surface area (Å²) in [5, 5.41) is 0. The third kappa shape index (κ3) is 1.85. The highest BCUT2D eigenvalue weighted by molar-refractivity contribution is 5.49. The molecule has 3 heteroatoms. The molecule has 0 aromatic heterocycles. The molecule has 11 heavy (non-hydrogen) atoms. The van der Waals surface area contributed by atoms with Crippen LogP contribution >= 0.6 is 0 Å². The predicted molar refractivity (Wildman–Crippen MR) is 45.6 cm³/mol. The summed E-state index contributed by atoms with van der Waals surface area (Å²) in [5.41, 5.74) is 1.08. The molecule has 0 aliphatic carbocycles. The Morgan fingerprint density at radius 3 is 2.64 bits per heavy atom. The lowest BCUT2D eigenvalue weighted by Crippen LogP contribution is -2.09. The summed E-state index contributed by atoms with van der Waals surface area (Å²) >= 11 is 0. The molecule has 2 N–H and O–H groups in total. The van der Waals surface area contributed by atoms with Crippen LogP contribution < -0.4 is 15.6 Å². The molecular formula is C8H12N2O. The van der Waals surface area contributed by atoms with E-state index < -0.39 is 0 Å². The van der Waals surface area contributed by atoms with Gasteiger partial charge >= 0.3 is 0 Å². The second-order valence-electron chi connectivity index (χ2n) is 2.51. The van der Waals surface area contributed by atoms with Crippen LogP contribution in [-0.4, -0.2) is 14.1 Å². The van der Waals surface area contributed by atoms with E-state index in [2.05, 4.69) is 4.84 Å². The predicted octanol–water partition coefficient (Wildman–Crippen LogP) is 1.01.